The van der Waals surface area contributed by atoms with Crippen LogP contribution in [0.3, 0.4) is 0 Å². The minimum Gasteiger partial charge on any atom is -0.504 e. The van der Waals surface area contributed by atoms with E-state index in [-0.39, 0.29) is 11.5 Å². The summed E-state index contributed by atoms with van der Waals surface area (Å²) in [5.74, 6) is 1.20. The lowest BCUT2D eigenvalue weighted by molar-refractivity contribution is 0.102. The molecule has 0 aliphatic heterocycles. The number of ketones is 1. The highest BCUT2D eigenvalue weighted by Crippen LogP contribution is 2.40. The zero-order valence-corrected chi connectivity index (χ0v) is 10.3. The highest BCUT2D eigenvalue weighted by molar-refractivity contribution is 6.18. The molecule has 0 spiro atoms. The molecule has 0 fully saturated rings. The number of hydrogen-bond donors (Lipinski definition) is 1. The molecular formula is C14H12O4. The van der Waals surface area contributed by atoms with Gasteiger partial charge in [-0.25, -0.2) is 0 Å². The summed E-state index contributed by atoms with van der Waals surface area (Å²) in [7, 11) is 0. The summed E-state index contributed by atoms with van der Waals surface area (Å²) in [5.41, 5.74) is 1.22. The summed E-state index contributed by atoms with van der Waals surface area (Å²) >= 11 is 0. The third-order valence-electron chi connectivity index (χ3n) is 3.03. The van der Waals surface area contributed by atoms with Crippen molar-refractivity contribution in [1.82, 2.24) is 0 Å². The third kappa shape index (κ3) is 1.29. The van der Waals surface area contributed by atoms with Gasteiger partial charge in [-0.1, -0.05) is 0 Å². The Morgan fingerprint density at radius 3 is 2.22 bits per heavy atom. The molecule has 3 aromatic rings. The van der Waals surface area contributed by atoms with Crippen molar-refractivity contribution >= 4 is 27.7 Å². The van der Waals surface area contributed by atoms with E-state index in [4.69, 9.17) is 8.83 Å². The molecule has 0 radical (unpaired) electrons. The SMILES string of the molecule is CC(=O)c1c2cc(C)oc2c(O)c2cc(C)oc12. The molecule has 0 aliphatic carbocycles. The molecule has 1 aromatic carbocycles. The minimum absolute atomic E-state index is 0.0231. The molecule has 0 saturated heterocycles. The normalized spacial score (nSPS) is 11.5. The van der Waals surface area contributed by atoms with Gasteiger partial charge in [0.15, 0.2) is 17.1 Å². The number of fused-ring (bicyclic) bond motifs is 2. The van der Waals surface area contributed by atoms with Gasteiger partial charge in [0, 0.05) is 5.39 Å². The van der Waals surface area contributed by atoms with E-state index < -0.39 is 0 Å². The van der Waals surface area contributed by atoms with Crippen LogP contribution in [0, 0.1) is 13.8 Å². The zero-order chi connectivity index (χ0) is 13.0. The van der Waals surface area contributed by atoms with E-state index in [9.17, 15) is 9.90 Å². The summed E-state index contributed by atoms with van der Waals surface area (Å²) in [6, 6.07) is 3.44. The highest BCUT2D eigenvalue weighted by atomic mass is 16.4. The Kier molecular flexibility index (Phi) is 2.05. The maximum absolute atomic E-state index is 11.8. The lowest BCUT2D eigenvalue weighted by Crippen LogP contribution is -1.93. The second kappa shape index (κ2) is 3.38. The number of carbonyl (C=O) groups is 1. The molecule has 92 valence electrons. The number of phenolic OH excluding ortho intramolecular Hbond substituents is 1. The van der Waals surface area contributed by atoms with Crippen LogP contribution in [0.15, 0.2) is 21.0 Å². The predicted molar refractivity (Wildman–Crippen MR) is 67.1 cm³/mol. The summed E-state index contributed by atoms with van der Waals surface area (Å²) in [6.07, 6.45) is 0. The van der Waals surface area contributed by atoms with Crippen LogP contribution in [0.2, 0.25) is 0 Å². The van der Waals surface area contributed by atoms with Crippen molar-refractivity contribution < 1.29 is 18.7 Å². The fourth-order valence-electron chi connectivity index (χ4n) is 2.35. The first-order chi connectivity index (χ1) is 8.49. The average Bonchev–Trinajstić information content (AvgIpc) is 2.81. The Morgan fingerprint density at radius 1 is 1.06 bits per heavy atom. The van der Waals surface area contributed by atoms with Crippen LogP contribution < -0.4 is 0 Å². The number of aryl methyl sites for hydroxylation is 2. The summed E-state index contributed by atoms with van der Waals surface area (Å²) in [6.45, 7) is 5.03. The fourth-order valence-corrected chi connectivity index (χ4v) is 2.35. The molecule has 4 nitrogen and oxygen atoms in total. The molecule has 18 heavy (non-hydrogen) atoms. The quantitative estimate of drug-likeness (QED) is 0.663. The topological polar surface area (TPSA) is 63.6 Å². The number of benzene rings is 1. The first-order valence-corrected chi connectivity index (χ1v) is 5.65. The van der Waals surface area contributed by atoms with Gasteiger partial charge in [-0.2, -0.15) is 0 Å². The number of Topliss-reactive ketones (excluding diaryl/α,β-unsaturated/α-hetero) is 1. The molecule has 0 amide bonds. The van der Waals surface area contributed by atoms with E-state index in [0.717, 1.165) is 0 Å². The molecule has 0 atom stereocenters. The van der Waals surface area contributed by atoms with Gasteiger partial charge in [0.05, 0.1) is 10.9 Å². The van der Waals surface area contributed by atoms with Crippen LogP contribution in [-0.2, 0) is 0 Å². The number of carbonyl (C=O) groups excluding carboxylic acids is 1. The molecule has 1 N–H and O–H groups in total. The first-order valence-electron chi connectivity index (χ1n) is 5.65. The van der Waals surface area contributed by atoms with E-state index in [2.05, 4.69) is 0 Å². The van der Waals surface area contributed by atoms with Gasteiger partial charge < -0.3 is 13.9 Å². The third-order valence-corrected chi connectivity index (χ3v) is 3.03. The average molecular weight is 244 g/mol. The Balaban J connectivity index is 2.64. The number of rotatable bonds is 1. The lowest BCUT2D eigenvalue weighted by Gasteiger charge is -2.02. The van der Waals surface area contributed by atoms with E-state index in [0.29, 0.717) is 39.0 Å². The molecule has 0 aliphatic rings. The van der Waals surface area contributed by atoms with E-state index in [1.54, 1.807) is 26.0 Å². The monoisotopic (exact) mass is 244 g/mol. The standard InChI is InChI=1S/C14H12O4/c1-6-4-9-11(8(3)15)13-10(5-7(2)17-13)12(16)14(9)18-6/h4-5,16H,1-3H3. The number of phenols is 1. The van der Waals surface area contributed by atoms with E-state index in [1.807, 2.05) is 0 Å². The van der Waals surface area contributed by atoms with Crippen LogP contribution in [-0.4, -0.2) is 10.9 Å². The molecule has 0 unspecified atom stereocenters. The van der Waals surface area contributed by atoms with Crippen molar-refractivity contribution in [2.24, 2.45) is 0 Å². The molecular weight excluding hydrogens is 232 g/mol. The van der Waals surface area contributed by atoms with Gasteiger partial charge in [-0.15, -0.1) is 0 Å². The molecule has 0 saturated carbocycles. The van der Waals surface area contributed by atoms with Crippen LogP contribution in [0.1, 0.15) is 28.8 Å². The molecule has 2 aromatic heterocycles. The predicted octanol–water partition coefficient (Wildman–Crippen LogP) is 3.70. The van der Waals surface area contributed by atoms with Crippen LogP contribution in [0.25, 0.3) is 21.9 Å². The molecule has 0 bridgehead atoms. The summed E-state index contributed by atoms with van der Waals surface area (Å²) < 4.78 is 11.0. The van der Waals surface area contributed by atoms with Crippen molar-refractivity contribution in [2.45, 2.75) is 20.8 Å². The second-order valence-electron chi connectivity index (χ2n) is 4.48. The number of aromatic hydroxyl groups is 1. The Morgan fingerprint density at radius 2 is 1.61 bits per heavy atom. The summed E-state index contributed by atoms with van der Waals surface area (Å²) in [5, 5.41) is 11.3. The van der Waals surface area contributed by atoms with Crippen LogP contribution in [0.5, 0.6) is 5.75 Å². The smallest absolute Gasteiger partial charge is 0.177 e. The number of hydrogen-bond acceptors (Lipinski definition) is 4. The van der Waals surface area contributed by atoms with E-state index >= 15 is 0 Å². The van der Waals surface area contributed by atoms with Crippen molar-refractivity contribution in [3.05, 3.63) is 29.2 Å². The van der Waals surface area contributed by atoms with Gasteiger partial charge in [-0.05, 0) is 32.9 Å². The Bertz CT molecular complexity index is 731. The molecule has 2 heterocycles. The maximum atomic E-state index is 11.8. The molecule has 4 heteroatoms. The molecule has 3 rings (SSSR count). The fraction of sp³-hybridized carbons (Fsp3) is 0.214. The van der Waals surface area contributed by atoms with Gasteiger partial charge in [0.2, 0.25) is 0 Å². The maximum Gasteiger partial charge on any atom is 0.177 e. The van der Waals surface area contributed by atoms with Crippen LogP contribution >= 0.6 is 0 Å². The van der Waals surface area contributed by atoms with Crippen LogP contribution in [0.4, 0.5) is 0 Å². The largest absolute Gasteiger partial charge is 0.504 e. The van der Waals surface area contributed by atoms with Crippen molar-refractivity contribution in [3.8, 4) is 5.75 Å². The first kappa shape index (κ1) is 10.9. The lowest BCUT2D eigenvalue weighted by atomic mass is 10.0. The van der Waals surface area contributed by atoms with E-state index in [1.165, 1.54) is 6.92 Å². The van der Waals surface area contributed by atoms with Crippen molar-refractivity contribution in [2.75, 3.05) is 0 Å². The van der Waals surface area contributed by atoms with Crippen molar-refractivity contribution in [3.63, 3.8) is 0 Å². The van der Waals surface area contributed by atoms with Gasteiger partial charge in [-0.3, -0.25) is 4.79 Å². The zero-order valence-electron chi connectivity index (χ0n) is 10.3. The number of furan rings is 2. The van der Waals surface area contributed by atoms with Gasteiger partial charge in [0.1, 0.15) is 17.1 Å². The second-order valence-corrected chi connectivity index (χ2v) is 4.48. The van der Waals surface area contributed by atoms with Gasteiger partial charge in [0.25, 0.3) is 0 Å². The Hall–Kier alpha value is -2.23. The highest BCUT2D eigenvalue weighted by Gasteiger charge is 2.22. The summed E-state index contributed by atoms with van der Waals surface area (Å²) in [4.78, 5) is 11.8. The Labute approximate surface area is 103 Å². The van der Waals surface area contributed by atoms with Gasteiger partial charge >= 0.3 is 0 Å². The van der Waals surface area contributed by atoms with Crippen molar-refractivity contribution in [1.29, 1.82) is 0 Å². The minimum atomic E-state index is -0.111.